The second-order valence-corrected chi connectivity index (χ2v) is 8.20. The molecule has 4 rings (SSSR count). The number of nitrogens with one attached hydrogen (secondary N) is 1. The molecule has 0 aliphatic heterocycles. The third kappa shape index (κ3) is 1.84. The van der Waals surface area contributed by atoms with Crippen molar-refractivity contribution in [2.45, 2.75) is 36.7 Å². The van der Waals surface area contributed by atoms with Crippen molar-refractivity contribution < 1.29 is 8.42 Å². The van der Waals surface area contributed by atoms with Crippen LogP contribution in [0.15, 0.2) is 29.2 Å². The van der Waals surface area contributed by atoms with E-state index in [0.717, 1.165) is 17.4 Å². The Hall–Kier alpha value is -0.910. The fourth-order valence-corrected chi connectivity index (χ4v) is 5.84. The molecule has 0 saturated heterocycles. The molecule has 5 heteroatoms. The van der Waals surface area contributed by atoms with Crippen LogP contribution in [0.3, 0.4) is 0 Å². The van der Waals surface area contributed by atoms with E-state index in [-0.39, 0.29) is 6.04 Å². The molecule has 0 radical (unpaired) electrons. The lowest BCUT2D eigenvalue weighted by atomic mass is 10.0. The molecule has 20 heavy (non-hydrogen) atoms. The van der Waals surface area contributed by atoms with Gasteiger partial charge >= 0.3 is 0 Å². The van der Waals surface area contributed by atoms with Crippen LogP contribution in [-0.2, 0) is 16.6 Å². The minimum atomic E-state index is -3.37. The molecule has 3 aliphatic carbocycles. The van der Waals surface area contributed by atoms with Crippen molar-refractivity contribution >= 4 is 10.0 Å². The van der Waals surface area contributed by atoms with Gasteiger partial charge in [-0.25, -0.2) is 13.1 Å². The molecule has 3 aliphatic rings. The van der Waals surface area contributed by atoms with Gasteiger partial charge in [-0.05, 0) is 60.6 Å². The summed E-state index contributed by atoms with van der Waals surface area (Å²) in [5.74, 6) is 2.79. The van der Waals surface area contributed by atoms with Gasteiger partial charge in [-0.1, -0.05) is 12.1 Å². The maximum atomic E-state index is 12.4. The van der Waals surface area contributed by atoms with Gasteiger partial charge in [0.1, 0.15) is 0 Å². The number of hydrogen-bond donors (Lipinski definition) is 2. The first-order valence-electron chi connectivity index (χ1n) is 7.41. The molecule has 1 aromatic carbocycles. The van der Waals surface area contributed by atoms with Crippen molar-refractivity contribution in [2.24, 2.45) is 29.4 Å². The van der Waals surface area contributed by atoms with Crippen LogP contribution >= 0.6 is 0 Å². The van der Waals surface area contributed by atoms with E-state index in [1.54, 1.807) is 24.3 Å². The maximum Gasteiger partial charge on any atom is 0.240 e. The standard InChI is InChI=1S/C15H20N2O2S/c16-8-9-1-5-12(6-2-9)20(18,19)17-15-13-10-3-4-11(7-10)14(13)15/h1-2,5-6,10-11,13-15,17H,3-4,7-8,16H2. The monoisotopic (exact) mass is 292 g/mol. The molecule has 4 nitrogen and oxygen atoms in total. The highest BCUT2D eigenvalue weighted by atomic mass is 32.2. The van der Waals surface area contributed by atoms with Crippen molar-refractivity contribution in [3.8, 4) is 0 Å². The number of sulfonamides is 1. The van der Waals surface area contributed by atoms with E-state index >= 15 is 0 Å². The molecule has 0 amide bonds. The van der Waals surface area contributed by atoms with Crippen LogP contribution in [0, 0.1) is 23.7 Å². The molecule has 0 aromatic heterocycles. The summed E-state index contributed by atoms with van der Waals surface area (Å²) in [7, 11) is -3.37. The zero-order valence-corrected chi connectivity index (χ0v) is 12.1. The van der Waals surface area contributed by atoms with Gasteiger partial charge in [0.2, 0.25) is 10.0 Å². The average Bonchev–Trinajstić information content (AvgIpc) is 2.86. The second-order valence-electron chi connectivity index (χ2n) is 6.48. The van der Waals surface area contributed by atoms with Gasteiger partial charge in [-0.15, -0.1) is 0 Å². The molecule has 3 saturated carbocycles. The largest absolute Gasteiger partial charge is 0.326 e. The van der Waals surface area contributed by atoms with E-state index < -0.39 is 10.0 Å². The number of fused-ring (bicyclic) bond motifs is 5. The maximum absolute atomic E-state index is 12.4. The number of benzene rings is 1. The zero-order valence-electron chi connectivity index (χ0n) is 11.3. The summed E-state index contributed by atoms with van der Waals surface area (Å²) in [5, 5.41) is 0. The summed E-state index contributed by atoms with van der Waals surface area (Å²) in [6.07, 6.45) is 3.93. The van der Waals surface area contributed by atoms with E-state index in [0.29, 0.717) is 23.3 Å². The Morgan fingerprint density at radius 3 is 2.25 bits per heavy atom. The van der Waals surface area contributed by atoms with Gasteiger partial charge in [0.25, 0.3) is 0 Å². The van der Waals surface area contributed by atoms with Gasteiger partial charge in [0.05, 0.1) is 4.90 Å². The quantitative estimate of drug-likeness (QED) is 0.882. The molecule has 3 fully saturated rings. The second kappa shape index (κ2) is 4.29. The van der Waals surface area contributed by atoms with E-state index in [1.165, 1.54) is 19.3 Å². The Labute approximate surface area is 119 Å². The lowest BCUT2D eigenvalue weighted by Gasteiger charge is -2.11. The average molecular weight is 292 g/mol. The Kier molecular flexibility index (Phi) is 2.75. The summed E-state index contributed by atoms with van der Waals surface area (Å²) in [5.41, 5.74) is 6.48. The van der Waals surface area contributed by atoms with Crippen molar-refractivity contribution in [3.05, 3.63) is 29.8 Å². The fraction of sp³-hybridized carbons (Fsp3) is 0.600. The predicted octanol–water partition coefficient (Wildman–Crippen LogP) is 1.47. The zero-order chi connectivity index (χ0) is 13.9. The van der Waals surface area contributed by atoms with Gasteiger partial charge in [0.15, 0.2) is 0 Å². The fourth-order valence-electron chi connectivity index (χ4n) is 4.54. The summed E-state index contributed by atoms with van der Waals surface area (Å²) in [6.45, 7) is 0.434. The topological polar surface area (TPSA) is 72.2 Å². The molecule has 4 atom stereocenters. The van der Waals surface area contributed by atoms with E-state index in [2.05, 4.69) is 4.72 Å². The minimum absolute atomic E-state index is 0.195. The van der Waals surface area contributed by atoms with Crippen molar-refractivity contribution in [3.63, 3.8) is 0 Å². The third-order valence-corrected chi connectivity index (χ3v) is 6.97. The first kappa shape index (κ1) is 12.8. The van der Waals surface area contributed by atoms with E-state index in [4.69, 9.17) is 5.73 Å². The lowest BCUT2D eigenvalue weighted by Crippen LogP contribution is -2.30. The molecule has 1 aromatic rings. The van der Waals surface area contributed by atoms with Crippen LogP contribution in [-0.4, -0.2) is 14.5 Å². The van der Waals surface area contributed by atoms with Crippen LogP contribution in [0.25, 0.3) is 0 Å². The van der Waals surface area contributed by atoms with Crippen molar-refractivity contribution in [2.75, 3.05) is 0 Å². The first-order chi connectivity index (χ1) is 9.60. The van der Waals surface area contributed by atoms with Crippen molar-refractivity contribution in [1.29, 1.82) is 0 Å². The first-order valence-corrected chi connectivity index (χ1v) is 8.90. The van der Waals surface area contributed by atoms with Crippen LogP contribution < -0.4 is 10.5 Å². The smallest absolute Gasteiger partial charge is 0.240 e. The third-order valence-electron chi connectivity index (χ3n) is 5.50. The van der Waals surface area contributed by atoms with Gasteiger partial charge in [0, 0.05) is 12.6 Å². The summed E-state index contributed by atoms with van der Waals surface area (Å²) in [4.78, 5) is 0.354. The number of nitrogens with two attached hydrogens (primary N) is 1. The van der Waals surface area contributed by atoms with Crippen LogP contribution in [0.2, 0.25) is 0 Å². The Balaban J connectivity index is 1.50. The predicted molar refractivity (Wildman–Crippen MR) is 76.3 cm³/mol. The van der Waals surface area contributed by atoms with Gasteiger partial charge < -0.3 is 5.73 Å². The van der Waals surface area contributed by atoms with Crippen molar-refractivity contribution in [1.82, 2.24) is 4.72 Å². The van der Waals surface area contributed by atoms with E-state index in [9.17, 15) is 8.42 Å². The highest BCUT2D eigenvalue weighted by Gasteiger charge is 2.65. The van der Waals surface area contributed by atoms with E-state index in [1.807, 2.05) is 0 Å². The summed E-state index contributed by atoms with van der Waals surface area (Å²) >= 11 is 0. The molecule has 2 bridgehead atoms. The molecule has 0 heterocycles. The summed E-state index contributed by atoms with van der Waals surface area (Å²) < 4.78 is 27.7. The highest BCUT2D eigenvalue weighted by molar-refractivity contribution is 7.89. The molecule has 0 spiro atoms. The SMILES string of the molecule is NCc1ccc(S(=O)(=O)NC2C3C4CCC(C4)C23)cc1. The normalized spacial score (nSPS) is 38.0. The Morgan fingerprint density at radius 2 is 1.70 bits per heavy atom. The van der Waals surface area contributed by atoms with Crippen LogP contribution in [0.1, 0.15) is 24.8 Å². The lowest BCUT2D eigenvalue weighted by molar-refractivity contribution is 0.456. The van der Waals surface area contributed by atoms with Gasteiger partial charge in [-0.3, -0.25) is 0 Å². The molecular formula is C15H20N2O2S. The Morgan fingerprint density at radius 1 is 1.10 bits per heavy atom. The molecule has 108 valence electrons. The highest BCUT2D eigenvalue weighted by Crippen LogP contribution is 2.65. The summed E-state index contributed by atoms with van der Waals surface area (Å²) in [6, 6.07) is 7.06. The molecule has 4 unspecified atom stereocenters. The Bertz CT molecular complexity index is 610. The van der Waals surface area contributed by atoms with Gasteiger partial charge in [-0.2, -0.15) is 0 Å². The minimum Gasteiger partial charge on any atom is -0.326 e. The molecular weight excluding hydrogens is 272 g/mol. The van der Waals surface area contributed by atoms with Crippen LogP contribution in [0.5, 0.6) is 0 Å². The number of rotatable bonds is 4. The molecule has 3 N–H and O–H groups in total. The number of hydrogen-bond acceptors (Lipinski definition) is 3. The van der Waals surface area contributed by atoms with Crippen LogP contribution in [0.4, 0.5) is 0 Å².